The summed E-state index contributed by atoms with van der Waals surface area (Å²) < 4.78 is 5.75. The molecule has 2 heteroatoms. The standard InChI is InChI=1S/C12H23NO/c1-13-12(10-5-6-10)8-7-11-4-2-3-9-14-11/h10-13H,2-9H2,1H3. The van der Waals surface area contributed by atoms with Crippen LogP contribution in [-0.2, 0) is 4.74 Å². The molecule has 1 aliphatic carbocycles. The summed E-state index contributed by atoms with van der Waals surface area (Å²) in [7, 11) is 2.10. The Morgan fingerprint density at radius 2 is 2.14 bits per heavy atom. The van der Waals surface area contributed by atoms with Gasteiger partial charge in [0.1, 0.15) is 0 Å². The van der Waals surface area contributed by atoms with Gasteiger partial charge in [-0.25, -0.2) is 0 Å². The van der Waals surface area contributed by atoms with Crippen LogP contribution in [0.4, 0.5) is 0 Å². The van der Waals surface area contributed by atoms with Gasteiger partial charge in [0.2, 0.25) is 0 Å². The van der Waals surface area contributed by atoms with E-state index in [1.165, 1.54) is 44.9 Å². The summed E-state index contributed by atoms with van der Waals surface area (Å²) in [5.74, 6) is 0.976. The molecule has 0 aromatic carbocycles. The fourth-order valence-corrected chi connectivity index (χ4v) is 2.51. The van der Waals surface area contributed by atoms with Gasteiger partial charge >= 0.3 is 0 Å². The minimum absolute atomic E-state index is 0.568. The molecule has 0 radical (unpaired) electrons. The molecule has 1 N–H and O–H groups in total. The largest absolute Gasteiger partial charge is 0.378 e. The minimum atomic E-state index is 0.568. The zero-order valence-corrected chi connectivity index (χ0v) is 9.30. The number of hydrogen-bond donors (Lipinski definition) is 1. The molecule has 2 nitrogen and oxygen atoms in total. The highest BCUT2D eigenvalue weighted by Crippen LogP contribution is 2.35. The SMILES string of the molecule is CNC(CCC1CCCCO1)C1CC1. The van der Waals surface area contributed by atoms with Crippen LogP contribution in [0, 0.1) is 5.92 Å². The van der Waals surface area contributed by atoms with Crippen molar-refractivity contribution < 1.29 is 4.74 Å². The summed E-state index contributed by atoms with van der Waals surface area (Å²) in [6, 6.07) is 0.764. The van der Waals surface area contributed by atoms with E-state index < -0.39 is 0 Å². The summed E-state index contributed by atoms with van der Waals surface area (Å²) in [6.45, 7) is 0.998. The topological polar surface area (TPSA) is 21.3 Å². The molecule has 0 amide bonds. The lowest BCUT2D eigenvalue weighted by Gasteiger charge is -2.24. The highest BCUT2D eigenvalue weighted by molar-refractivity contribution is 4.86. The van der Waals surface area contributed by atoms with Crippen LogP contribution in [-0.4, -0.2) is 25.8 Å². The Bertz CT molecular complexity index is 162. The Balaban J connectivity index is 1.63. The van der Waals surface area contributed by atoms with Crippen LogP contribution < -0.4 is 5.32 Å². The molecule has 0 bridgehead atoms. The van der Waals surface area contributed by atoms with Crippen molar-refractivity contribution in [2.75, 3.05) is 13.7 Å². The highest BCUT2D eigenvalue weighted by atomic mass is 16.5. The fourth-order valence-electron chi connectivity index (χ4n) is 2.51. The van der Waals surface area contributed by atoms with E-state index in [0.717, 1.165) is 18.6 Å². The van der Waals surface area contributed by atoms with Crippen LogP contribution in [0.25, 0.3) is 0 Å². The van der Waals surface area contributed by atoms with Crippen molar-refractivity contribution in [3.63, 3.8) is 0 Å². The lowest BCUT2D eigenvalue weighted by atomic mass is 9.99. The molecule has 0 aromatic rings. The third kappa shape index (κ3) is 2.96. The van der Waals surface area contributed by atoms with E-state index in [1.54, 1.807) is 0 Å². The van der Waals surface area contributed by atoms with E-state index in [0.29, 0.717) is 6.10 Å². The van der Waals surface area contributed by atoms with Crippen molar-refractivity contribution in [2.24, 2.45) is 5.92 Å². The van der Waals surface area contributed by atoms with Crippen molar-refractivity contribution in [3.05, 3.63) is 0 Å². The highest BCUT2D eigenvalue weighted by Gasteiger charge is 2.30. The first kappa shape index (κ1) is 10.4. The quantitative estimate of drug-likeness (QED) is 0.730. The predicted octanol–water partition coefficient (Wildman–Crippen LogP) is 2.33. The number of nitrogens with one attached hydrogen (secondary N) is 1. The number of hydrogen-bond acceptors (Lipinski definition) is 2. The van der Waals surface area contributed by atoms with Gasteiger partial charge in [-0.3, -0.25) is 0 Å². The first-order chi connectivity index (χ1) is 6.90. The smallest absolute Gasteiger partial charge is 0.0575 e. The van der Waals surface area contributed by atoms with Gasteiger partial charge in [-0.2, -0.15) is 0 Å². The van der Waals surface area contributed by atoms with Crippen LogP contribution in [0.2, 0.25) is 0 Å². The van der Waals surface area contributed by atoms with E-state index >= 15 is 0 Å². The Kier molecular flexibility index (Phi) is 3.82. The molecule has 2 fully saturated rings. The van der Waals surface area contributed by atoms with Gasteiger partial charge in [-0.15, -0.1) is 0 Å². The van der Waals surface area contributed by atoms with Gasteiger partial charge in [0, 0.05) is 12.6 Å². The summed E-state index contributed by atoms with van der Waals surface area (Å²) in [5, 5.41) is 3.45. The van der Waals surface area contributed by atoms with Gasteiger partial charge in [0.25, 0.3) is 0 Å². The monoisotopic (exact) mass is 197 g/mol. The van der Waals surface area contributed by atoms with E-state index in [1.807, 2.05) is 0 Å². The summed E-state index contributed by atoms with van der Waals surface area (Å²) in [6.07, 6.45) is 9.97. The van der Waals surface area contributed by atoms with Crippen molar-refractivity contribution >= 4 is 0 Å². The molecule has 1 saturated heterocycles. The zero-order chi connectivity index (χ0) is 9.80. The molecule has 0 aromatic heterocycles. The molecule has 2 unspecified atom stereocenters. The van der Waals surface area contributed by atoms with Crippen molar-refractivity contribution in [1.82, 2.24) is 5.32 Å². The third-order valence-corrected chi connectivity index (χ3v) is 3.64. The van der Waals surface area contributed by atoms with Crippen LogP contribution in [0.3, 0.4) is 0 Å². The van der Waals surface area contributed by atoms with Crippen LogP contribution >= 0.6 is 0 Å². The molecule has 82 valence electrons. The van der Waals surface area contributed by atoms with Crippen LogP contribution in [0.5, 0.6) is 0 Å². The first-order valence-corrected chi connectivity index (χ1v) is 6.19. The molecule has 1 saturated carbocycles. The molecular formula is C12H23NO. The lowest BCUT2D eigenvalue weighted by molar-refractivity contribution is 0.00835. The number of rotatable bonds is 5. The van der Waals surface area contributed by atoms with E-state index in [2.05, 4.69) is 12.4 Å². The van der Waals surface area contributed by atoms with Gasteiger partial charge < -0.3 is 10.1 Å². The molecular weight excluding hydrogens is 174 g/mol. The second-order valence-electron chi connectivity index (χ2n) is 4.80. The Labute approximate surface area is 87.4 Å². The first-order valence-electron chi connectivity index (χ1n) is 6.19. The average molecular weight is 197 g/mol. The molecule has 2 aliphatic rings. The summed E-state index contributed by atoms with van der Waals surface area (Å²) in [4.78, 5) is 0. The predicted molar refractivity (Wildman–Crippen MR) is 58.4 cm³/mol. The van der Waals surface area contributed by atoms with E-state index in [4.69, 9.17) is 4.74 Å². The number of ether oxygens (including phenoxy) is 1. The zero-order valence-electron chi connectivity index (χ0n) is 9.30. The molecule has 0 spiro atoms. The molecule has 2 rings (SSSR count). The van der Waals surface area contributed by atoms with Gasteiger partial charge in [0.15, 0.2) is 0 Å². The maximum absolute atomic E-state index is 5.75. The van der Waals surface area contributed by atoms with Gasteiger partial charge in [0.05, 0.1) is 6.10 Å². The molecule has 14 heavy (non-hydrogen) atoms. The van der Waals surface area contributed by atoms with Crippen molar-refractivity contribution in [1.29, 1.82) is 0 Å². The molecule has 1 aliphatic heterocycles. The normalized spacial score (nSPS) is 30.2. The van der Waals surface area contributed by atoms with Crippen LogP contribution in [0.15, 0.2) is 0 Å². The Morgan fingerprint density at radius 3 is 2.71 bits per heavy atom. The Morgan fingerprint density at radius 1 is 1.29 bits per heavy atom. The Hall–Kier alpha value is -0.0800. The summed E-state index contributed by atoms with van der Waals surface area (Å²) in [5.41, 5.74) is 0. The van der Waals surface area contributed by atoms with E-state index in [-0.39, 0.29) is 0 Å². The maximum atomic E-state index is 5.75. The van der Waals surface area contributed by atoms with Gasteiger partial charge in [-0.1, -0.05) is 0 Å². The van der Waals surface area contributed by atoms with E-state index in [9.17, 15) is 0 Å². The second-order valence-corrected chi connectivity index (χ2v) is 4.80. The second kappa shape index (κ2) is 5.13. The fraction of sp³-hybridized carbons (Fsp3) is 1.00. The maximum Gasteiger partial charge on any atom is 0.0575 e. The lowest BCUT2D eigenvalue weighted by Crippen LogP contribution is -2.29. The van der Waals surface area contributed by atoms with Gasteiger partial charge in [-0.05, 0) is 57.9 Å². The van der Waals surface area contributed by atoms with Crippen molar-refractivity contribution in [2.45, 2.75) is 57.1 Å². The minimum Gasteiger partial charge on any atom is -0.378 e. The van der Waals surface area contributed by atoms with Crippen molar-refractivity contribution in [3.8, 4) is 0 Å². The average Bonchev–Trinajstić information content (AvgIpc) is 3.05. The third-order valence-electron chi connectivity index (χ3n) is 3.64. The molecule has 2 atom stereocenters. The van der Waals surface area contributed by atoms with Crippen LogP contribution in [0.1, 0.15) is 44.9 Å². The summed E-state index contributed by atoms with van der Waals surface area (Å²) >= 11 is 0. The molecule has 1 heterocycles.